The van der Waals surface area contributed by atoms with Gasteiger partial charge in [0.25, 0.3) is 0 Å². The number of carboxylic acid groups (broad SMARTS) is 1. The van der Waals surface area contributed by atoms with Crippen molar-refractivity contribution in [2.24, 2.45) is 5.73 Å². The van der Waals surface area contributed by atoms with E-state index in [2.05, 4.69) is 12.1 Å². The van der Waals surface area contributed by atoms with Crippen molar-refractivity contribution >= 4 is 30.1 Å². The molecule has 0 aliphatic heterocycles. The van der Waals surface area contributed by atoms with Gasteiger partial charge in [0.15, 0.2) is 0 Å². The van der Waals surface area contributed by atoms with Gasteiger partial charge in [0.05, 0.1) is 0 Å². The summed E-state index contributed by atoms with van der Waals surface area (Å²) in [6.45, 7) is 2.04. The predicted molar refractivity (Wildman–Crippen MR) is 70.2 cm³/mol. The standard InChI is InChI=1S/C11H15NO2S.ClH/c1-8-2-4-9(5-3-8)6-15-7-10(12)11(13)14;/h2-5,10H,6-7,12H2,1H3,(H,13,14);1H/t10-;/m0./s1. The highest BCUT2D eigenvalue weighted by molar-refractivity contribution is 7.98. The van der Waals surface area contributed by atoms with Crippen molar-refractivity contribution < 1.29 is 9.90 Å². The maximum Gasteiger partial charge on any atom is 0.321 e. The molecule has 0 aliphatic rings. The molecule has 0 aliphatic carbocycles. The van der Waals surface area contributed by atoms with E-state index < -0.39 is 12.0 Å². The Balaban J connectivity index is 0.00000225. The molecule has 3 nitrogen and oxygen atoms in total. The summed E-state index contributed by atoms with van der Waals surface area (Å²) in [5, 5.41) is 8.58. The van der Waals surface area contributed by atoms with Crippen LogP contribution in [0.5, 0.6) is 0 Å². The van der Waals surface area contributed by atoms with Crippen LogP contribution in [0, 0.1) is 6.92 Å². The number of nitrogens with two attached hydrogens (primary N) is 1. The molecular formula is C11H16ClNO2S. The van der Waals surface area contributed by atoms with Crippen LogP contribution in [0.1, 0.15) is 11.1 Å². The molecule has 3 N–H and O–H groups in total. The number of carboxylic acids is 1. The Labute approximate surface area is 106 Å². The molecule has 0 heterocycles. The first-order valence-corrected chi connectivity index (χ1v) is 5.86. The molecule has 16 heavy (non-hydrogen) atoms. The summed E-state index contributed by atoms with van der Waals surface area (Å²) in [6, 6.07) is 7.43. The van der Waals surface area contributed by atoms with E-state index in [9.17, 15) is 4.79 Å². The number of hydrogen-bond donors (Lipinski definition) is 2. The van der Waals surface area contributed by atoms with Gasteiger partial charge in [-0.05, 0) is 12.5 Å². The highest BCUT2D eigenvalue weighted by Gasteiger charge is 2.10. The molecule has 90 valence electrons. The third kappa shape index (κ3) is 5.39. The fourth-order valence-electron chi connectivity index (χ4n) is 1.06. The zero-order valence-corrected chi connectivity index (χ0v) is 10.7. The first kappa shape index (κ1) is 15.3. The molecule has 1 rings (SSSR count). The van der Waals surface area contributed by atoms with Crippen molar-refractivity contribution in [2.75, 3.05) is 5.75 Å². The van der Waals surface area contributed by atoms with E-state index in [-0.39, 0.29) is 12.4 Å². The molecule has 0 spiro atoms. The highest BCUT2D eigenvalue weighted by atomic mass is 35.5. The Bertz CT molecular complexity index is 329. The predicted octanol–water partition coefficient (Wildman–Crippen LogP) is 2.06. The number of rotatable bonds is 5. The maximum atomic E-state index is 10.4. The zero-order chi connectivity index (χ0) is 11.3. The molecule has 1 aromatic carbocycles. The van der Waals surface area contributed by atoms with Gasteiger partial charge < -0.3 is 10.8 Å². The summed E-state index contributed by atoms with van der Waals surface area (Å²) in [7, 11) is 0. The molecule has 5 heteroatoms. The van der Waals surface area contributed by atoms with Gasteiger partial charge >= 0.3 is 5.97 Å². The number of thioether (sulfide) groups is 1. The summed E-state index contributed by atoms with van der Waals surface area (Å²) < 4.78 is 0. The largest absolute Gasteiger partial charge is 0.480 e. The summed E-state index contributed by atoms with van der Waals surface area (Å²) >= 11 is 1.54. The van der Waals surface area contributed by atoms with Gasteiger partial charge in [0.1, 0.15) is 6.04 Å². The van der Waals surface area contributed by atoms with Gasteiger partial charge in [0, 0.05) is 11.5 Å². The first-order valence-electron chi connectivity index (χ1n) is 4.71. The number of aryl methyl sites for hydroxylation is 1. The van der Waals surface area contributed by atoms with Crippen LogP contribution in [0.15, 0.2) is 24.3 Å². The monoisotopic (exact) mass is 261 g/mol. The Morgan fingerprint density at radius 2 is 2.00 bits per heavy atom. The molecule has 0 bridgehead atoms. The average molecular weight is 262 g/mol. The van der Waals surface area contributed by atoms with E-state index in [0.717, 1.165) is 5.75 Å². The van der Waals surface area contributed by atoms with E-state index >= 15 is 0 Å². The third-order valence-corrected chi connectivity index (χ3v) is 3.14. The van der Waals surface area contributed by atoms with E-state index in [1.54, 1.807) is 11.8 Å². The van der Waals surface area contributed by atoms with Crippen LogP contribution in [0.2, 0.25) is 0 Å². The molecule has 0 unspecified atom stereocenters. The number of aliphatic carboxylic acids is 1. The first-order chi connectivity index (χ1) is 7.09. The lowest BCUT2D eigenvalue weighted by Crippen LogP contribution is -2.32. The summed E-state index contributed by atoms with van der Waals surface area (Å²) in [5.41, 5.74) is 7.81. The summed E-state index contributed by atoms with van der Waals surface area (Å²) in [5.74, 6) is 0.316. The van der Waals surface area contributed by atoms with Crippen molar-refractivity contribution in [3.05, 3.63) is 35.4 Å². The van der Waals surface area contributed by atoms with Crippen LogP contribution >= 0.6 is 24.2 Å². The second-order valence-electron chi connectivity index (χ2n) is 3.45. The minimum atomic E-state index is -0.939. The topological polar surface area (TPSA) is 63.3 Å². The summed E-state index contributed by atoms with van der Waals surface area (Å²) in [6.07, 6.45) is 0. The zero-order valence-electron chi connectivity index (χ0n) is 9.05. The fraction of sp³-hybridized carbons (Fsp3) is 0.364. The van der Waals surface area contributed by atoms with Crippen molar-refractivity contribution in [3.8, 4) is 0 Å². The number of halogens is 1. The lowest BCUT2D eigenvalue weighted by molar-refractivity contribution is -0.137. The van der Waals surface area contributed by atoms with Gasteiger partial charge in [0.2, 0.25) is 0 Å². The van der Waals surface area contributed by atoms with Crippen LogP contribution < -0.4 is 5.73 Å². The second-order valence-corrected chi connectivity index (χ2v) is 4.48. The molecule has 0 radical (unpaired) electrons. The Kier molecular flexibility index (Phi) is 7.21. The fourth-order valence-corrected chi connectivity index (χ4v) is 2.00. The van der Waals surface area contributed by atoms with Crippen molar-refractivity contribution in [2.45, 2.75) is 18.7 Å². The molecule has 1 atom stereocenters. The summed E-state index contributed by atoms with van der Waals surface area (Å²) in [4.78, 5) is 10.4. The molecule has 0 saturated carbocycles. The third-order valence-electron chi connectivity index (χ3n) is 2.00. The lowest BCUT2D eigenvalue weighted by Gasteiger charge is -2.06. The molecule has 0 aromatic heterocycles. The normalized spacial score (nSPS) is 11.6. The number of carbonyl (C=O) groups is 1. The lowest BCUT2D eigenvalue weighted by atomic mass is 10.2. The van der Waals surface area contributed by atoms with Crippen LogP contribution in [0.25, 0.3) is 0 Å². The SMILES string of the molecule is Cc1ccc(CSC[C@H](N)C(=O)O)cc1.Cl. The maximum absolute atomic E-state index is 10.4. The second kappa shape index (κ2) is 7.54. The highest BCUT2D eigenvalue weighted by Crippen LogP contribution is 2.13. The van der Waals surface area contributed by atoms with Crippen LogP contribution in [-0.2, 0) is 10.5 Å². The van der Waals surface area contributed by atoms with Gasteiger partial charge in [-0.2, -0.15) is 11.8 Å². The Hall–Kier alpha value is -0.710. The van der Waals surface area contributed by atoms with E-state index in [1.165, 1.54) is 11.1 Å². The minimum absolute atomic E-state index is 0. The van der Waals surface area contributed by atoms with Crippen LogP contribution in [0.3, 0.4) is 0 Å². The van der Waals surface area contributed by atoms with Crippen molar-refractivity contribution in [1.82, 2.24) is 0 Å². The van der Waals surface area contributed by atoms with Gasteiger partial charge in [-0.25, -0.2) is 0 Å². The number of benzene rings is 1. The van der Waals surface area contributed by atoms with Gasteiger partial charge in [-0.3, -0.25) is 4.79 Å². The van der Waals surface area contributed by atoms with Crippen molar-refractivity contribution in [3.63, 3.8) is 0 Å². The molecule has 0 saturated heterocycles. The van der Waals surface area contributed by atoms with Crippen LogP contribution in [-0.4, -0.2) is 22.9 Å². The van der Waals surface area contributed by atoms with Crippen molar-refractivity contribution in [1.29, 1.82) is 0 Å². The van der Waals surface area contributed by atoms with E-state index in [0.29, 0.717) is 5.75 Å². The van der Waals surface area contributed by atoms with E-state index in [4.69, 9.17) is 10.8 Å². The molecular weight excluding hydrogens is 246 g/mol. The molecule has 1 aromatic rings. The molecule has 0 amide bonds. The minimum Gasteiger partial charge on any atom is -0.480 e. The Morgan fingerprint density at radius 1 is 1.44 bits per heavy atom. The number of hydrogen-bond acceptors (Lipinski definition) is 3. The quantitative estimate of drug-likeness (QED) is 0.852. The Morgan fingerprint density at radius 3 is 2.50 bits per heavy atom. The van der Waals surface area contributed by atoms with E-state index in [1.807, 2.05) is 19.1 Å². The van der Waals surface area contributed by atoms with Gasteiger partial charge in [-0.1, -0.05) is 29.8 Å². The average Bonchev–Trinajstić information content (AvgIpc) is 2.20. The smallest absolute Gasteiger partial charge is 0.321 e. The van der Waals surface area contributed by atoms with Crippen LogP contribution in [0.4, 0.5) is 0 Å². The molecule has 0 fully saturated rings. The van der Waals surface area contributed by atoms with Gasteiger partial charge in [-0.15, -0.1) is 12.4 Å².